The molecule has 20 heavy (non-hydrogen) atoms. The fourth-order valence-electron chi connectivity index (χ4n) is 3.70. The first kappa shape index (κ1) is 14.4. The number of benzene rings is 1. The van der Waals surface area contributed by atoms with Crippen LogP contribution in [0.15, 0.2) is 22.7 Å². The van der Waals surface area contributed by atoms with E-state index in [1.807, 2.05) is 18.2 Å². The molecule has 108 valence electrons. The summed E-state index contributed by atoms with van der Waals surface area (Å²) < 4.78 is 0.794. The van der Waals surface area contributed by atoms with Crippen LogP contribution in [-0.4, -0.2) is 23.4 Å². The second kappa shape index (κ2) is 6.07. The van der Waals surface area contributed by atoms with Gasteiger partial charge in [-0.2, -0.15) is 0 Å². The van der Waals surface area contributed by atoms with Crippen LogP contribution in [0.5, 0.6) is 0 Å². The van der Waals surface area contributed by atoms with Crippen molar-refractivity contribution in [1.29, 1.82) is 0 Å². The number of amides is 1. The van der Waals surface area contributed by atoms with Gasteiger partial charge in [0, 0.05) is 17.1 Å². The Morgan fingerprint density at radius 1 is 1.20 bits per heavy atom. The van der Waals surface area contributed by atoms with Crippen LogP contribution in [-0.2, 0) is 0 Å². The molecule has 2 atom stereocenters. The normalized spacial score (nSPS) is 26.2. The first-order valence-corrected chi connectivity index (χ1v) is 8.60. The van der Waals surface area contributed by atoms with E-state index in [2.05, 4.69) is 20.8 Å². The van der Waals surface area contributed by atoms with Crippen molar-refractivity contribution < 1.29 is 4.79 Å². The molecule has 4 heteroatoms. The van der Waals surface area contributed by atoms with Gasteiger partial charge in [-0.25, -0.2) is 0 Å². The average molecular weight is 357 g/mol. The summed E-state index contributed by atoms with van der Waals surface area (Å²) >= 11 is 9.69. The Kier molecular flexibility index (Phi) is 4.37. The van der Waals surface area contributed by atoms with Gasteiger partial charge in [-0.1, -0.05) is 30.5 Å². The van der Waals surface area contributed by atoms with E-state index in [1.165, 1.54) is 25.7 Å². The molecule has 0 N–H and O–H groups in total. The van der Waals surface area contributed by atoms with E-state index in [1.54, 1.807) is 0 Å². The minimum Gasteiger partial charge on any atom is -0.335 e. The molecule has 1 aliphatic heterocycles. The van der Waals surface area contributed by atoms with Crippen molar-refractivity contribution in [2.24, 2.45) is 5.92 Å². The fraction of sp³-hybridized carbons (Fsp3) is 0.562. The predicted molar refractivity (Wildman–Crippen MR) is 85.2 cm³/mol. The van der Waals surface area contributed by atoms with Gasteiger partial charge < -0.3 is 4.90 Å². The maximum atomic E-state index is 12.8. The summed E-state index contributed by atoms with van der Waals surface area (Å²) in [5.74, 6) is 0.806. The van der Waals surface area contributed by atoms with Crippen LogP contribution in [0.2, 0.25) is 5.02 Å². The zero-order valence-electron chi connectivity index (χ0n) is 11.4. The zero-order valence-corrected chi connectivity index (χ0v) is 13.8. The fourth-order valence-corrected chi connectivity index (χ4v) is 4.27. The van der Waals surface area contributed by atoms with Crippen molar-refractivity contribution in [1.82, 2.24) is 4.90 Å². The number of hydrogen-bond donors (Lipinski definition) is 0. The van der Waals surface area contributed by atoms with E-state index < -0.39 is 0 Å². The lowest BCUT2D eigenvalue weighted by Gasteiger charge is -2.44. The Balaban J connectivity index is 1.87. The Morgan fingerprint density at radius 2 is 1.95 bits per heavy atom. The molecule has 2 unspecified atom stereocenters. The van der Waals surface area contributed by atoms with Crippen LogP contribution in [0, 0.1) is 5.92 Å². The molecule has 1 heterocycles. The molecular formula is C16H19BrClNO. The SMILES string of the molecule is O=C(c1cccc(Br)c1Cl)N1CCCC2CCCCC21. The molecule has 1 aromatic carbocycles. The summed E-state index contributed by atoms with van der Waals surface area (Å²) in [5, 5.41) is 0.537. The molecule has 1 saturated carbocycles. The minimum absolute atomic E-state index is 0.105. The summed E-state index contributed by atoms with van der Waals surface area (Å²) in [6, 6.07) is 6.02. The van der Waals surface area contributed by atoms with Gasteiger partial charge in [0.2, 0.25) is 0 Å². The lowest BCUT2D eigenvalue weighted by atomic mass is 9.78. The van der Waals surface area contributed by atoms with Crippen LogP contribution in [0.1, 0.15) is 48.9 Å². The molecule has 1 aliphatic carbocycles. The van der Waals surface area contributed by atoms with Gasteiger partial charge in [-0.15, -0.1) is 0 Å². The van der Waals surface area contributed by atoms with E-state index in [4.69, 9.17) is 11.6 Å². The summed E-state index contributed by atoms with van der Waals surface area (Å²) in [6.45, 7) is 0.878. The van der Waals surface area contributed by atoms with Gasteiger partial charge in [0.15, 0.2) is 0 Å². The van der Waals surface area contributed by atoms with Crippen LogP contribution in [0.3, 0.4) is 0 Å². The summed E-state index contributed by atoms with van der Waals surface area (Å²) in [4.78, 5) is 14.9. The molecule has 0 spiro atoms. The Bertz CT molecular complexity index is 517. The summed E-state index contributed by atoms with van der Waals surface area (Å²) in [5.41, 5.74) is 0.632. The highest BCUT2D eigenvalue weighted by atomic mass is 79.9. The Morgan fingerprint density at radius 3 is 2.80 bits per heavy atom. The summed E-state index contributed by atoms with van der Waals surface area (Å²) in [6.07, 6.45) is 7.40. The molecule has 0 radical (unpaired) electrons. The van der Waals surface area contributed by atoms with Gasteiger partial charge in [-0.05, 0) is 59.7 Å². The molecule has 2 nitrogen and oxygen atoms in total. The van der Waals surface area contributed by atoms with Crippen LogP contribution >= 0.6 is 27.5 Å². The van der Waals surface area contributed by atoms with Crippen molar-refractivity contribution >= 4 is 33.4 Å². The molecule has 2 fully saturated rings. The van der Waals surface area contributed by atoms with Gasteiger partial charge in [0.05, 0.1) is 10.6 Å². The molecule has 1 aromatic rings. The first-order valence-electron chi connectivity index (χ1n) is 7.43. The number of fused-ring (bicyclic) bond motifs is 1. The topological polar surface area (TPSA) is 20.3 Å². The van der Waals surface area contributed by atoms with Crippen LogP contribution in [0.25, 0.3) is 0 Å². The maximum Gasteiger partial charge on any atom is 0.255 e. The highest BCUT2D eigenvalue weighted by molar-refractivity contribution is 9.10. The second-order valence-corrected chi connectivity index (χ2v) is 7.09. The molecular weight excluding hydrogens is 338 g/mol. The van der Waals surface area contributed by atoms with E-state index in [0.717, 1.165) is 23.9 Å². The van der Waals surface area contributed by atoms with Gasteiger partial charge in [-0.3, -0.25) is 4.79 Å². The third-order valence-electron chi connectivity index (χ3n) is 4.69. The largest absolute Gasteiger partial charge is 0.335 e. The summed E-state index contributed by atoms with van der Waals surface area (Å²) in [7, 11) is 0. The van der Waals surface area contributed by atoms with Crippen molar-refractivity contribution in [3.63, 3.8) is 0 Å². The number of hydrogen-bond acceptors (Lipinski definition) is 1. The Hall–Kier alpha value is -0.540. The number of halogens is 2. The zero-order chi connectivity index (χ0) is 14.1. The molecule has 3 rings (SSSR count). The second-order valence-electron chi connectivity index (χ2n) is 5.85. The van der Waals surface area contributed by atoms with Crippen molar-refractivity contribution in [2.75, 3.05) is 6.54 Å². The molecule has 2 aliphatic rings. The van der Waals surface area contributed by atoms with Gasteiger partial charge >= 0.3 is 0 Å². The van der Waals surface area contributed by atoms with Crippen molar-refractivity contribution in [2.45, 2.75) is 44.6 Å². The predicted octanol–water partition coefficient (Wildman–Crippen LogP) is 4.90. The molecule has 1 amide bonds. The van der Waals surface area contributed by atoms with E-state index in [9.17, 15) is 4.79 Å². The maximum absolute atomic E-state index is 12.8. The molecule has 0 aromatic heterocycles. The third kappa shape index (κ3) is 2.62. The minimum atomic E-state index is 0.105. The number of nitrogens with zero attached hydrogens (tertiary/aromatic N) is 1. The average Bonchev–Trinajstić information content (AvgIpc) is 2.49. The standard InChI is InChI=1S/C16H19BrClNO/c17-13-8-3-7-12(15(13)18)16(20)19-10-4-6-11-5-1-2-9-14(11)19/h3,7-8,11,14H,1-2,4-6,9-10H2. The van der Waals surface area contributed by atoms with E-state index in [0.29, 0.717) is 22.5 Å². The van der Waals surface area contributed by atoms with Crippen LogP contribution in [0.4, 0.5) is 0 Å². The Labute approximate surface area is 133 Å². The molecule has 1 saturated heterocycles. The number of carbonyl (C=O) groups excluding carboxylic acids is 1. The highest BCUT2D eigenvalue weighted by Crippen LogP contribution is 2.37. The van der Waals surface area contributed by atoms with E-state index >= 15 is 0 Å². The quantitative estimate of drug-likeness (QED) is 0.701. The number of rotatable bonds is 1. The van der Waals surface area contributed by atoms with E-state index in [-0.39, 0.29) is 5.91 Å². The number of piperidine rings is 1. The third-order valence-corrected chi connectivity index (χ3v) is 5.98. The van der Waals surface area contributed by atoms with Gasteiger partial charge in [0.25, 0.3) is 5.91 Å². The molecule has 0 bridgehead atoms. The first-order chi connectivity index (χ1) is 9.68. The monoisotopic (exact) mass is 355 g/mol. The number of carbonyl (C=O) groups is 1. The van der Waals surface area contributed by atoms with Gasteiger partial charge in [0.1, 0.15) is 0 Å². The number of likely N-dealkylation sites (tertiary alicyclic amines) is 1. The highest BCUT2D eigenvalue weighted by Gasteiger charge is 2.36. The lowest BCUT2D eigenvalue weighted by molar-refractivity contribution is 0.0391. The van der Waals surface area contributed by atoms with Crippen LogP contribution < -0.4 is 0 Å². The lowest BCUT2D eigenvalue weighted by Crippen LogP contribution is -2.49. The van der Waals surface area contributed by atoms with Crippen molar-refractivity contribution in [3.8, 4) is 0 Å². The van der Waals surface area contributed by atoms with Crippen molar-refractivity contribution in [3.05, 3.63) is 33.3 Å². The smallest absolute Gasteiger partial charge is 0.255 e.